The molecule has 8 heteroatoms. The SMILES string of the molecule is Cc1c(NC(=O)c2nc3ncccn3n2)cnn1C. The molecular formula is C11H11N7O. The van der Waals surface area contributed by atoms with Crippen molar-refractivity contribution in [2.75, 3.05) is 5.32 Å². The zero-order valence-electron chi connectivity index (χ0n) is 10.4. The third-order valence-electron chi connectivity index (χ3n) is 2.80. The lowest BCUT2D eigenvalue weighted by Gasteiger charge is -2.00. The highest BCUT2D eigenvalue weighted by Gasteiger charge is 2.15. The fourth-order valence-electron chi connectivity index (χ4n) is 1.63. The van der Waals surface area contributed by atoms with Crippen LogP contribution in [0.5, 0.6) is 0 Å². The summed E-state index contributed by atoms with van der Waals surface area (Å²) in [7, 11) is 1.80. The Morgan fingerprint density at radius 3 is 2.95 bits per heavy atom. The van der Waals surface area contributed by atoms with Gasteiger partial charge in [0, 0.05) is 19.4 Å². The minimum Gasteiger partial charge on any atom is -0.316 e. The van der Waals surface area contributed by atoms with Crippen molar-refractivity contribution in [3.8, 4) is 0 Å². The van der Waals surface area contributed by atoms with E-state index in [1.165, 1.54) is 4.52 Å². The Bertz CT molecular complexity index is 724. The molecule has 1 amide bonds. The first-order valence-electron chi connectivity index (χ1n) is 5.62. The van der Waals surface area contributed by atoms with Gasteiger partial charge in [0.15, 0.2) is 0 Å². The van der Waals surface area contributed by atoms with Crippen molar-refractivity contribution >= 4 is 17.4 Å². The van der Waals surface area contributed by atoms with E-state index in [0.717, 1.165) is 5.69 Å². The molecule has 0 spiro atoms. The fourth-order valence-corrected chi connectivity index (χ4v) is 1.63. The van der Waals surface area contributed by atoms with Crippen molar-refractivity contribution in [2.45, 2.75) is 6.92 Å². The van der Waals surface area contributed by atoms with Crippen molar-refractivity contribution in [3.63, 3.8) is 0 Å². The van der Waals surface area contributed by atoms with Crippen LogP contribution in [-0.2, 0) is 7.05 Å². The van der Waals surface area contributed by atoms with E-state index in [4.69, 9.17) is 0 Å². The van der Waals surface area contributed by atoms with Gasteiger partial charge in [-0.15, -0.1) is 5.10 Å². The molecular weight excluding hydrogens is 246 g/mol. The zero-order chi connectivity index (χ0) is 13.4. The van der Waals surface area contributed by atoms with E-state index >= 15 is 0 Å². The van der Waals surface area contributed by atoms with Crippen LogP contribution >= 0.6 is 0 Å². The molecule has 0 aliphatic rings. The largest absolute Gasteiger partial charge is 0.316 e. The van der Waals surface area contributed by atoms with Gasteiger partial charge in [-0.3, -0.25) is 9.48 Å². The number of rotatable bonds is 2. The maximum Gasteiger partial charge on any atom is 0.295 e. The Kier molecular flexibility index (Phi) is 2.48. The van der Waals surface area contributed by atoms with E-state index in [-0.39, 0.29) is 11.7 Å². The molecule has 3 aromatic rings. The smallest absolute Gasteiger partial charge is 0.295 e. The summed E-state index contributed by atoms with van der Waals surface area (Å²) < 4.78 is 3.12. The predicted molar refractivity (Wildman–Crippen MR) is 66.7 cm³/mol. The van der Waals surface area contributed by atoms with E-state index < -0.39 is 0 Å². The number of hydrogen-bond donors (Lipinski definition) is 1. The molecule has 0 aromatic carbocycles. The molecule has 0 unspecified atom stereocenters. The highest BCUT2D eigenvalue weighted by atomic mass is 16.2. The van der Waals surface area contributed by atoms with Crippen LogP contribution in [0.4, 0.5) is 5.69 Å². The zero-order valence-corrected chi connectivity index (χ0v) is 10.4. The van der Waals surface area contributed by atoms with Crippen molar-refractivity contribution in [1.82, 2.24) is 29.4 Å². The molecule has 0 atom stereocenters. The summed E-state index contributed by atoms with van der Waals surface area (Å²) in [6, 6.07) is 1.72. The van der Waals surface area contributed by atoms with Gasteiger partial charge in [0.1, 0.15) is 0 Å². The summed E-state index contributed by atoms with van der Waals surface area (Å²) >= 11 is 0. The van der Waals surface area contributed by atoms with Crippen LogP contribution in [0.25, 0.3) is 5.78 Å². The van der Waals surface area contributed by atoms with Crippen LogP contribution in [0.1, 0.15) is 16.3 Å². The van der Waals surface area contributed by atoms with Gasteiger partial charge < -0.3 is 5.32 Å². The lowest BCUT2D eigenvalue weighted by Crippen LogP contribution is -2.14. The van der Waals surface area contributed by atoms with Crippen molar-refractivity contribution in [2.24, 2.45) is 7.05 Å². The Labute approximate surface area is 108 Å². The number of aryl methyl sites for hydroxylation is 1. The number of nitrogens with zero attached hydrogens (tertiary/aromatic N) is 6. The third-order valence-corrected chi connectivity index (χ3v) is 2.80. The van der Waals surface area contributed by atoms with Crippen LogP contribution in [-0.4, -0.2) is 35.3 Å². The second kappa shape index (κ2) is 4.16. The van der Waals surface area contributed by atoms with Gasteiger partial charge in [-0.2, -0.15) is 10.1 Å². The molecule has 0 aliphatic carbocycles. The topological polar surface area (TPSA) is 90.0 Å². The summed E-state index contributed by atoms with van der Waals surface area (Å²) in [4.78, 5) is 20.1. The predicted octanol–water partition coefficient (Wildman–Crippen LogP) is 0.419. The van der Waals surface area contributed by atoms with Gasteiger partial charge in [-0.05, 0) is 13.0 Å². The Morgan fingerprint density at radius 2 is 2.26 bits per heavy atom. The molecule has 3 rings (SSSR count). The summed E-state index contributed by atoms with van der Waals surface area (Å²) in [5.41, 5.74) is 1.49. The highest BCUT2D eigenvalue weighted by molar-refractivity contribution is 6.02. The molecule has 0 radical (unpaired) electrons. The average molecular weight is 257 g/mol. The van der Waals surface area contributed by atoms with Gasteiger partial charge in [0.2, 0.25) is 5.82 Å². The molecule has 0 saturated heterocycles. The van der Waals surface area contributed by atoms with Gasteiger partial charge in [0.25, 0.3) is 11.7 Å². The van der Waals surface area contributed by atoms with Gasteiger partial charge in [-0.1, -0.05) is 0 Å². The second-order valence-electron chi connectivity index (χ2n) is 4.02. The minimum absolute atomic E-state index is 0.0713. The van der Waals surface area contributed by atoms with E-state index in [9.17, 15) is 4.79 Å². The Morgan fingerprint density at radius 1 is 1.42 bits per heavy atom. The molecule has 0 bridgehead atoms. The quantitative estimate of drug-likeness (QED) is 0.718. The molecule has 1 N–H and O–H groups in total. The van der Waals surface area contributed by atoms with Crippen LogP contribution in [0.2, 0.25) is 0 Å². The number of nitrogens with one attached hydrogen (secondary N) is 1. The number of anilines is 1. The van der Waals surface area contributed by atoms with Crippen LogP contribution < -0.4 is 5.32 Å². The van der Waals surface area contributed by atoms with Gasteiger partial charge in [-0.25, -0.2) is 9.50 Å². The third kappa shape index (κ3) is 1.92. The van der Waals surface area contributed by atoms with E-state index in [2.05, 4.69) is 25.5 Å². The summed E-state index contributed by atoms with van der Waals surface area (Å²) in [5, 5.41) is 10.8. The first-order chi connectivity index (χ1) is 9.15. The molecule has 8 nitrogen and oxygen atoms in total. The Balaban J connectivity index is 1.89. The first kappa shape index (κ1) is 11.3. The molecule has 96 valence electrons. The van der Waals surface area contributed by atoms with Crippen molar-refractivity contribution in [3.05, 3.63) is 36.2 Å². The number of aromatic nitrogens is 6. The summed E-state index contributed by atoms with van der Waals surface area (Å²) in [6.45, 7) is 1.86. The molecule has 3 heterocycles. The van der Waals surface area contributed by atoms with Crippen LogP contribution in [0.15, 0.2) is 24.7 Å². The van der Waals surface area contributed by atoms with E-state index in [0.29, 0.717) is 11.5 Å². The summed E-state index contributed by atoms with van der Waals surface area (Å²) in [5.74, 6) is 0.0686. The standard InChI is InChI=1S/C11H11N7O/c1-7-8(6-13-17(7)2)14-10(19)9-15-11-12-4-3-5-18(11)16-9/h3-6H,1-2H3,(H,14,19). The number of hydrogen-bond acceptors (Lipinski definition) is 5. The molecule has 0 saturated carbocycles. The number of amides is 1. The number of carbonyl (C=O) groups is 1. The summed E-state index contributed by atoms with van der Waals surface area (Å²) in [6.07, 6.45) is 4.86. The number of fused-ring (bicyclic) bond motifs is 1. The second-order valence-corrected chi connectivity index (χ2v) is 4.02. The molecule has 3 aromatic heterocycles. The van der Waals surface area contributed by atoms with Gasteiger partial charge >= 0.3 is 0 Å². The van der Waals surface area contributed by atoms with Crippen LogP contribution in [0, 0.1) is 6.92 Å². The lowest BCUT2D eigenvalue weighted by atomic mass is 10.4. The van der Waals surface area contributed by atoms with Gasteiger partial charge in [0.05, 0.1) is 17.6 Å². The first-order valence-corrected chi connectivity index (χ1v) is 5.62. The highest BCUT2D eigenvalue weighted by Crippen LogP contribution is 2.12. The Hall–Kier alpha value is -2.77. The van der Waals surface area contributed by atoms with E-state index in [1.54, 1.807) is 36.4 Å². The number of carbonyl (C=O) groups excluding carboxylic acids is 1. The fraction of sp³-hybridized carbons (Fsp3) is 0.182. The van der Waals surface area contributed by atoms with Crippen molar-refractivity contribution in [1.29, 1.82) is 0 Å². The molecule has 19 heavy (non-hydrogen) atoms. The lowest BCUT2D eigenvalue weighted by molar-refractivity contribution is 0.101. The van der Waals surface area contributed by atoms with Crippen molar-refractivity contribution < 1.29 is 4.79 Å². The van der Waals surface area contributed by atoms with Crippen LogP contribution in [0.3, 0.4) is 0 Å². The maximum atomic E-state index is 12.0. The molecule has 0 aliphatic heterocycles. The monoisotopic (exact) mass is 257 g/mol. The average Bonchev–Trinajstić information content (AvgIpc) is 2.97. The maximum absolute atomic E-state index is 12.0. The normalized spacial score (nSPS) is 10.8. The van der Waals surface area contributed by atoms with E-state index in [1.807, 2.05) is 6.92 Å². The minimum atomic E-state index is -0.387. The molecule has 0 fully saturated rings.